The van der Waals surface area contributed by atoms with Gasteiger partial charge in [0.1, 0.15) is 11.2 Å². The topological polar surface area (TPSA) is 71.1 Å². The fourth-order valence-electron chi connectivity index (χ4n) is 1.53. The number of esters is 2. The summed E-state index contributed by atoms with van der Waals surface area (Å²) in [6.07, 6.45) is 4.08. The van der Waals surface area contributed by atoms with E-state index in [1.807, 2.05) is 53.7 Å². The van der Waals surface area contributed by atoms with E-state index < -0.39 is 11.2 Å². The molecule has 0 saturated carbocycles. The number of carbonyl (C=O) groups excluding carboxylic acids is 2. The van der Waals surface area contributed by atoms with Crippen molar-refractivity contribution in [3.8, 4) is 0 Å². The molecule has 0 aromatic heterocycles. The van der Waals surface area contributed by atoms with Crippen LogP contribution >= 0.6 is 0 Å². The molecule has 0 aromatic carbocycles. The Kier molecular flexibility index (Phi) is 10.6. The summed E-state index contributed by atoms with van der Waals surface area (Å²) in [7, 11) is 0. The Hall–Kier alpha value is -1.40. The molecule has 0 bridgehead atoms. The molecular formula is C18H32O6. The molecule has 6 heteroatoms. The average molecular weight is 344 g/mol. The molecule has 0 radical (unpaired) electrons. The van der Waals surface area contributed by atoms with E-state index in [1.54, 1.807) is 0 Å². The predicted octanol–water partition coefficient (Wildman–Crippen LogP) is 3.04. The summed E-state index contributed by atoms with van der Waals surface area (Å²) in [4.78, 5) is 22.9. The Morgan fingerprint density at radius 2 is 1.04 bits per heavy atom. The molecule has 0 spiro atoms. The molecule has 0 amide bonds. The zero-order chi connectivity index (χ0) is 18.6. The summed E-state index contributed by atoms with van der Waals surface area (Å²) in [5, 5.41) is 0. The van der Waals surface area contributed by atoms with E-state index in [0.29, 0.717) is 26.4 Å². The van der Waals surface area contributed by atoms with Crippen LogP contribution in [0.5, 0.6) is 0 Å². The Bertz CT molecular complexity index is 363. The number of hydrogen-bond donors (Lipinski definition) is 0. The summed E-state index contributed by atoms with van der Waals surface area (Å²) in [5.41, 5.74) is -0.929. The molecule has 140 valence electrons. The van der Waals surface area contributed by atoms with E-state index in [-0.39, 0.29) is 24.8 Å². The zero-order valence-electron chi connectivity index (χ0n) is 15.8. The highest BCUT2D eigenvalue weighted by atomic mass is 16.6. The summed E-state index contributed by atoms with van der Waals surface area (Å²) < 4.78 is 20.9. The van der Waals surface area contributed by atoms with Crippen molar-refractivity contribution in [2.45, 2.75) is 65.6 Å². The molecule has 0 aliphatic rings. The fourth-order valence-corrected chi connectivity index (χ4v) is 1.53. The third-order valence-electron chi connectivity index (χ3n) is 2.34. The Labute approximate surface area is 145 Å². The normalized spacial score (nSPS) is 12.4. The highest BCUT2D eigenvalue weighted by Crippen LogP contribution is 2.08. The van der Waals surface area contributed by atoms with Gasteiger partial charge in [-0.2, -0.15) is 0 Å². The van der Waals surface area contributed by atoms with Crippen LogP contribution in [0.15, 0.2) is 12.2 Å². The maximum absolute atomic E-state index is 11.4. The van der Waals surface area contributed by atoms with Gasteiger partial charge in [0.25, 0.3) is 0 Å². The second kappa shape index (κ2) is 11.2. The van der Waals surface area contributed by atoms with Gasteiger partial charge in [0.15, 0.2) is 0 Å². The Balaban J connectivity index is 3.51. The molecule has 0 heterocycles. The summed E-state index contributed by atoms with van der Waals surface area (Å²) >= 11 is 0. The molecule has 0 aliphatic heterocycles. The smallest absolute Gasteiger partial charge is 0.308 e. The molecule has 0 fully saturated rings. The quantitative estimate of drug-likeness (QED) is 0.345. The van der Waals surface area contributed by atoms with Gasteiger partial charge in [-0.25, -0.2) is 0 Å². The van der Waals surface area contributed by atoms with E-state index in [0.717, 1.165) is 0 Å². The van der Waals surface area contributed by atoms with Crippen molar-refractivity contribution in [3.63, 3.8) is 0 Å². The van der Waals surface area contributed by atoms with Crippen molar-refractivity contribution < 1.29 is 28.5 Å². The third kappa shape index (κ3) is 17.0. The SMILES string of the molecule is CC(C)(C)OC(=O)CCOC/C=C\COCCC(=O)OC(C)(C)C. The molecule has 6 nitrogen and oxygen atoms in total. The van der Waals surface area contributed by atoms with Gasteiger partial charge >= 0.3 is 11.9 Å². The zero-order valence-corrected chi connectivity index (χ0v) is 15.8. The minimum atomic E-state index is -0.465. The molecule has 0 saturated heterocycles. The van der Waals surface area contributed by atoms with Gasteiger partial charge in [0.2, 0.25) is 0 Å². The van der Waals surface area contributed by atoms with Crippen LogP contribution in [-0.2, 0) is 28.5 Å². The average Bonchev–Trinajstić information content (AvgIpc) is 2.36. The number of hydrogen-bond acceptors (Lipinski definition) is 6. The fraction of sp³-hybridized carbons (Fsp3) is 0.778. The van der Waals surface area contributed by atoms with Crippen molar-refractivity contribution in [2.24, 2.45) is 0 Å². The second-order valence-corrected chi connectivity index (χ2v) is 7.29. The first kappa shape index (κ1) is 22.6. The molecule has 0 aromatic rings. The molecule has 0 aliphatic carbocycles. The van der Waals surface area contributed by atoms with Gasteiger partial charge in [-0.15, -0.1) is 0 Å². The monoisotopic (exact) mass is 344 g/mol. The lowest BCUT2D eigenvalue weighted by Gasteiger charge is -2.19. The molecular weight excluding hydrogens is 312 g/mol. The van der Waals surface area contributed by atoms with Crippen molar-refractivity contribution in [3.05, 3.63) is 12.2 Å². The Morgan fingerprint density at radius 3 is 1.33 bits per heavy atom. The standard InChI is InChI=1S/C18H32O6/c1-17(2,3)23-15(19)9-13-21-11-7-8-12-22-14-10-16(20)24-18(4,5)6/h7-8H,9-14H2,1-6H3/b8-7-. The highest BCUT2D eigenvalue weighted by Gasteiger charge is 2.16. The molecule has 0 unspecified atom stereocenters. The van der Waals surface area contributed by atoms with Crippen LogP contribution in [0, 0.1) is 0 Å². The summed E-state index contributed by atoms with van der Waals surface area (Å²) in [6, 6.07) is 0. The molecule has 24 heavy (non-hydrogen) atoms. The Morgan fingerprint density at radius 1 is 0.708 bits per heavy atom. The lowest BCUT2D eigenvalue weighted by Crippen LogP contribution is -2.24. The van der Waals surface area contributed by atoms with E-state index in [1.165, 1.54) is 0 Å². The van der Waals surface area contributed by atoms with Crippen LogP contribution < -0.4 is 0 Å². The van der Waals surface area contributed by atoms with Crippen LogP contribution in [0.3, 0.4) is 0 Å². The van der Waals surface area contributed by atoms with E-state index in [4.69, 9.17) is 18.9 Å². The van der Waals surface area contributed by atoms with Crippen LogP contribution in [0.1, 0.15) is 54.4 Å². The van der Waals surface area contributed by atoms with Crippen LogP contribution in [0.25, 0.3) is 0 Å². The largest absolute Gasteiger partial charge is 0.460 e. The van der Waals surface area contributed by atoms with Gasteiger partial charge in [-0.3, -0.25) is 9.59 Å². The van der Waals surface area contributed by atoms with E-state index in [2.05, 4.69) is 0 Å². The van der Waals surface area contributed by atoms with Crippen molar-refractivity contribution >= 4 is 11.9 Å². The molecule has 0 N–H and O–H groups in total. The number of carbonyl (C=O) groups is 2. The first-order chi connectivity index (χ1) is 11.0. The lowest BCUT2D eigenvalue weighted by molar-refractivity contribution is -0.157. The third-order valence-corrected chi connectivity index (χ3v) is 2.34. The summed E-state index contributed by atoms with van der Waals surface area (Å²) in [5.74, 6) is -0.533. The number of rotatable bonds is 10. The maximum atomic E-state index is 11.4. The minimum Gasteiger partial charge on any atom is -0.460 e. The van der Waals surface area contributed by atoms with E-state index >= 15 is 0 Å². The van der Waals surface area contributed by atoms with Crippen molar-refractivity contribution in [2.75, 3.05) is 26.4 Å². The maximum Gasteiger partial charge on any atom is 0.308 e. The highest BCUT2D eigenvalue weighted by molar-refractivity contribution is 5.70. The second-order valence-electron chi connectivity index (χ2n) is 7.29. The van der Waals surface area contributed by atoms with Crippen LogP contribution in [-0.4, -0.2) is 49.6 Å². The number of ether oxygens (including phenoxy) is 4. The van der Waals surface area contributed by atoms with E-state index in [9.17, 15) is 9.59 Å². The first-order valence-corrected chi connectivity index (χ1v) is 8.24. The van der Waals surface area contributed by atoms with Crippen molar-refractivity contribution in [1.29, 1.82) is 0 Å². The van der Waals surface area contributed by atoms with Crippen LogP contribution in [0.4, 0.5) is 0 Å². The molecule has 0 atom stereocenters. The summed E-state index contributed by atoms with van der Waals surface area (Å²) in [6.45, 7) is 12.4. The van der Waals surface area contributed by atoms with Gasteiger partial charge in [0, 0.05) is 0 Å². The van der Waals surface area contributed by atoms with Gasteiger partial charge in [-0.05, 0) is 41.5 Å². The van der Waals surface area contributed by atoms with Gasteiger partial charge in [-0.1, -0.05) is 12.2 Å². The van der Waals surface area contributed by atoms with Crippen molar-refractivity contribution in [1.82, 2.24) is 0 Å². The first-order valence-electron chi connectivity index (χ1n) is 8.24. The van der Waals surface area contributed by atoms with Gasteiger partial charge in [0.05, 0.1) is 39.3 Å². The van der Waals surface area contributed by atoms with Gasteiger partial charge < -0.3 is 18.9 Å². The molecule has 0 rings (SSSR count). The predicted molar refractivity (Wildman–Crippen MR) is 91.7 cm³/mol. The van der Waals surface area contributed by atoms with Crippen LogP contribution in [0.2, 0.25) is 0 Å². The lowest BCUT2D eigenvalue weighted by atomic mass is 10.2. The minimum absolute atomic E-state index is 0.234.